The van der Waals surface area contributed by atoms with Crippen LogP contribution in [0.15, 0.2) is 54.6 Å². The van der Waals surface area contributed by atoms with E-state index in [0.29, 0.717) is 22.6 Å². The van der Waals surface area contributed by atoms with Crippen LogP contribution in [0.5, 0.6) is 5.75 Å². The minimum Gasteiger partial charge on any atom is -0.462 e. The van der Waals surface area contributed by atoms with Gasteiger partial charge < -0.3 is 19.4 Å². The van der Waals surface area contributed by atoms with Crippen LogP contribution in [-0.2, 0) is 16.1 Å². The summed E-state index contributed by atoms with van der Waals surface area (Å²) in [7, 11) is 0. The van der Waals surface area contributed by atoms with Crippen LogP contribution in [0.3, 0.4) is 0 Å². The molecule has 0 bridgehead atoms. The lowest BCUT2D eigenvalue weighted by Crippen LogP contribution is -2.20. The molecule has 0 saturated heterocycles. The van der Waals surface area contributed by atoms with E-state index in [1.54, 1.807) is 24.5 Å². The van der Waals surface area contributed by atoms with Crippen LogP contribution in [-0.4, -0.2) is 29.4 Å². The normalized spacial score (nSPS) is 11.2. The summed E-state index contributed by atoms with van der Waals surface area (Å²) >= 11 is 0. The van der Waals surface area contributed by atoms with Gasteiger partial charge in [-0.1, -0.05) is 29.8 Å². The molecule has 0 aliphatic rings. The van der Waals surface area contributed by atoms with Crippen molar-refractivity contribution in [1.29, 1.82) is 0 Å². The maximum Gasteiger partial charge on any atom is 0.573 e. The topological polar surface area (TPSA) is 69.6 Å². The van der Waals surface area contributed by atoms with Gasteiger partial charge in [0, 0.05) is 17.1 Å². The average molecular weight is 460 g/mol. The Balaban J connectivity index is 1.84. The van der Waals surface area contributed by atoms with Gasteiger partial charge in [0.25, 0.3) is 0 Å². The van der Waals surface area contributed by atoms with Crippen molar-refractivity contribution in [2.75, 3.05) is 11.9 Å². The molecule has 9 heteroatoms. The van der Waals surface area contributed by atoms with E-state index in [4.69, 9.17) is 4.74 Å². The summed E-state index contributed by atoms with van der Waals surface area (Å²) in [5.41, 5.74) is 3.78. The van der Waals surface area contributed by atoms with Crippen LogP contribution in [0.1, 0.15) is 28.5 Å². The zero-order valence-electron chi connectivity index (χ0n) is 18.3. The molecule has 1 amide bonds. The number of rotatable bonds is 7. The number of hydrogen-bond acceptors (Lipinski definition) is 4. The smallest absolute Gasteiger partial charge is 0.462 e. The molecule has 1 heterocycles. The summed E-state index contributed by atoms with van der Waals surface area (Å²) in [5, 5.41) is 2.65. The molecule has 3 aromatic rings. The molecule has 2 aromatic carbocycles. The monoisotopic (exact) mass is 460 g/mol. The van der Waals surface area contributed by atoms with Crippen LogP contribution in [0, 0.1) is 13.8 Å². The summed E-state index contributed by atoms with van der Waals surface area (Å²) < 4.78 is 47.6. The predicted molar refractivity (Wildman–Crippen MR) is 117 cm³/mol. The van der Waals surface area contributed by atoms with Crippen molar-refractivity contribution in [2.45, 2.75) is 33.7 Å². The third-order valence-corrected chi connectivity index (χ3v) is 4.88. The predicted octanol–water partition coefficient (Wildman–Crippen LogP) is 5.49. The summed E-state index contributed by atoms with van der Waals surface area (Å²) in [4.78, 5) is 25.1. The van der Waals surface area contributed by atoms with Crippen molar-refractivity contribution >= 4 is 17.6 Å². The van der Waals surface area contributed by atoms with E-state index >= 15 is 0 Å². The number of nitrogens with zero attached hydrogens (tertiary/aromatic N) is 1. The first-order chi connectivity index (χ1) is 15.6. The fraction of sp³-hybridized carbons (Fsp3) is 0.250. The number of ether oxygens (including phenoxy) is 2. The zero-order chi connectivity index (χ0) is 24.2. The number of carbonyl (C=O) groups is 2. The Morgan fingerprint density at radius 2 is 1.64 bits per heavy atom. The molecule has 0 fully saturated rings. The number of aryl methyl sites for hydroxylation is 1. The van der Waals surface area contributed by atoms with Crippen LogP contribution >= 0.6 is 0 Å². The summed E-state index contributed by atoms with van der Waals surface area (Å²) in [5.74, 6) is -1.28. The molecular formula is C24H23F3N2O4. The number of aromatic nitrogens is 1. The van der Waals surface area contributed by atoms with E-state index in [-0.39, 0.29) is 18.9 Å². The molecule has 1 N–H and O–H groups in total. The van der Waals surface area contributed by atoms with Gasteiger partial charge in [0.2, 0.25) is 5.91 Å². The van der Waals surface area contributed by atoms with Gasteiger partial charge in [-0.05, 0) is 56.7 Å². The molecule has 0 atom stereocenters. The molecule has 1 aromatic heterocycles. The van der Waals surface area contributed by atoms with Crippen molar-refractivity contribution in [3.8, 4) is 17.0 Å². The van der Waals surface area contributed by atoms with E-state index in [0.717, 1.165) is 23.3 Å². The molecule has 174 valence electrons. The molecule has 0 saturated carbocycles. The molecule has 3 rings (SSSR count). The minimum atomic E-state index is -4.79. The standard InChI is InChI=1S/C24H23F3N2O4/c1-4-32-23(31)20-13-21(17-7-5-15(2)6-8-17)29(16(20)3)14-22(30)28-18-9-11-19(12-10-18)33-24(25,26)27/h5-13H,4,14H2,1-3H3,(H,28,30). The fourth-order valence-corrected chi connectivity index (χ4v) is 3.31. The van der Waals surface area contributed by atoms with E-state index < -0.39 is 18.2 Å². The van der Waals surface area contributed by atoms with E-state index in [9.17, 15) is 22.8 Å². The minimum absolute atomic E-state index is 0.116. The molecule has 0 radical (unpaired) electrons. The largest absolute Gasteiger partial charge is 0.573 e. The summed E-state index contributed by atoms with van der Waals surface area (Å²) in [6.07, 6.45) is -4.79. The lowest BCUT2D eigenvalue weighted by Gasteiger charge is -2.13. The Morgan fingerprint density at radius 3 is 2.21 bits per heavy atom. The highest BCUT2D eigenvalue weighted by Gasteiger charge is 2.31. The highest BCUT2D eigenvalue weighted by molar-refractivity contribution is 5.94. The Hall–Kier alpha value is -3.75. The molecule has 0 aliphatic carbocycles. The molecular weight excluding hydrogens is 437 g/mol. The Kier molecular flexibility index (Phi) is 7.10. The van der Waals surface area contributed by atoms with Gasteiger partial charge in [0.1, 0.15) is 12.3 Å². The van der Waals surface area contributed by atoms with Gasteiger partial charge in [-0.2, -0.15) is 0 Å². The number of alkyl halides is 3. The second-order valence-corrected chi connectivity index (χ2v) is 7.32. The van der Waals surface area contributed by atoms with Gasteiger partial charge in [-0.15, -0.1) is 13.2 Å². The number of hydrogen-bond donors (Lipinski definition) is 1. The van der Waals surface area contributed by atoms with E-state index in [1.807, 2.05) is 31.2 Å². The Labute approximate surface area is 188 Å². The summed E-state index contributed by atoms with van der Waals surface area (Å²) in [6.45, 7) is 5.49. The molecule has 0 spiro atoms. The third kappa shape index (κ3) is 6.15. The SMILES string of the molecule is CCOC(=O)c1cc(-c2ccc(C)cc2)n(CC(=O)Nc2ccc(OC(F)(F)F)cc2)c1C. The third-order valence-electron chi connectivity index (χ3n) is 4.88. The van der Waals surface area contributed by atoms with Crippen LogP contribution in [0.4, 0.5) is 18.9 Å². The van der Waals surface area contributed by atoms with Crippen molar-refractivity contribution in [1.82, 2.24) is 4.57 Å². The number of carbonyl (C=O) groups excluding carboxylic acids is 2. The van der Waals surface area contributed by atoms with Gasteiger partial charge in [0.05, 0.1) is 12.2 Å². The Bertz CT molecular complexity index is 1130. The van der Waals surface area contributed by atoms with Gasteiger partial charge >= 0.3 is 12.3 Å². The van der Waals surface area contributed by atoms with Gasteiger partial charge in [-0.3, -0.25) is 4.79 Å². The number of anilines is 1. The van der Waals surface area contributed by atoms with E-state index in [2.05, 4.69) is 10.1 Å². The quantitative estimate of drug-likeness (QED) is 0.474. The number of benzene rings is 2. The van der Waals surface area contributed by atoms with Crippen molar-refractivity contribution in [2.24, 2.45) is 0 Å². The van der Waals surface area contributed by atoms with Crippen molar-refractivity contribution < 1.29 is 32.2 Å². The summed E-state index contributed by atoms with van der Waals surface area (Å²) in [6, 6.07) is 14.2. The average Bonchev–Trinajstić information content (AvgIpc) is 3.05. The van der Waals surface area contributed by atoms with Crippen molar-refractivity contribution in [3.63, 3.8) is 0 Å². The second-order valence-electron chi connectivity index (χ2n) is 7.32. The van der Waals surface area contributed by atoms with Crippen molar-refractivity contribution in [3.05, 3.63) is 71.4 Å². The molecule has 6 nitrogen and oxygen atoms in total. The molecule has 33 heavy (non-hydrogen) atoms. The lowest BCUT2D eigenvalue weighted by molar-refractivity contribution is -0.274. The molecule has 0 aliphatic heterocycles. The van der Waals surface area contributed by atoms with Gasteiger partial charge in [-0.25, -0.2) is 4.79 Å². The molecule has 0 unspecified atom stereocenters. The first kappa shape index (κ1) is 23.9. The highest BCUT2D eigenvalue weighted by Crippen LogP contribution is 2.28. The van der Waals surface area contributed by atoms with E-state index in [1.165, 1.54) is 12.1 Å². The Morgan fingerprint density at radius 1 is 1.00 bits per heavy atom. The number of amides is 1. The first-order valence-electron chi connectivity index (χ1n) is 10.2. The maximum atomic E-state index is 12.7. The van der Waals surface area contributed by atoms with Crippen LogP contribution < -0.4 is 10.1 Å². The number of halogens is 3. The fourth-order valence-electron chi connectivity index (χ4n) is 3.31. The maximum absolute atomic E-state index is 12.7. The number of nitrogens with one attached hydrogen (secondary N) is 1. The first-order valence-corrected chi connectivity index (χ1v) is 10.2. The highest BCUT2D eigenvalue weighted by atomic mass is 19.4. The van der Waals surface area contributed by atoms with Gasteiger partial charge in [0.15, 0.2) is 0 Å². The number of esters is 1. The second kappa shape index (κ2) is 9.81. The van der Waals surface area contributed by atoms with Crippen LogP contribution in [0.2, 0.25) is 0 Å². The van der Waals surface area contributed by atoms with Crippen LogP contribution in [0.25, 0.3) is 11.3 Å². The zero-order valence-corrected chi connectivity index (χ0v) is 18.3. The lowest BCUT2D eigenvalue weighted by atomic mass is 10.1.